The Bertz CT molecular complexity index is 437. The number of hydrogen-bond acceptors (Lipinski definition) is 3. The Hall–Kier alpha value is -1.59. The first-order valence-electron chi connectivity index (χ1n) is 5.54. The fourth-order valence-electron chi connectivity index (χ4n) is 1.42. The summed E-state index contributed by atoms with van der Waals surface area (Å²) < 4.78 is 0. The standard InChI is InChI=1S/C12H16ClN3O2/c1-8(9-5-3-4-6-10(9)13)15-7-11(17)16-12(18)14-2/h3-6,8,15H,7H2,1-2H3,(H2,14,16,17,18)/t8-/m0/s1. The Morgan fingerprint density at radius 3 is 2.61 bits per heavy atom. The number of imide groups is 1. The summed E-state index contributed by atoms with van der Waals surface area (Å²) in [7, 11) is 1.45. The maximum Gasteiger partial charge on any atom is 0.321 e. The van der Waals surface area contributed by atoms with Crippen LogP contribution in [0.15, 0.2) is 24.3 Å². The van der Waals surface area contributed by atoms with Gasteiger partial charge in [0.1, 0.15) is 0 Å². The zero-order chi connectivity index (χ0) is 13.5. The highest BCUT2D eigenvalue weighted by atomic mass is 35.5. The Balaban J connectivity index is 2.47. The van der Waals surface area contributed by atoms with Crippen LogP contribution in [0.1, 0.15) is 18.5 Å². The molecule has 1 rings (SSSR count). The predicted molar refractivity (Wildman–Crippen MR) is 70.5 cm³/mol. The van der Waals surface area contributed by atoms with Crippen molar-refractivity contribution in [2.45, 2.75) is 13.0 Å². The number of carbonyl (C=O) groups excluding carboxylic acids is 2. The second-order valence-corrected chi connectivity index (χ2v) is 4.16. The van der Waals surface area contributed by atoms with Crippen molar-refractivity contribution in [3.63, 3.8) is 0 Å². The number of halogens is 1. The van der Waals surface area contributed by atoms with Gasteiger partial charge in [-0.1, -0.05) is 29.8 Å². The van der Waals surface area contributed by atoms with Gasteiger partial charge in [0.05, 0.1) is 6.54 Å². The summed E-state index contributed by atoms with van der Waals surface area (Å²) in [5.74, 6) is -0.395. The fraction of sp³-hybridized carbons (Fsp3) is 0.333. The van der Waals surface area contributed by atoms with E-state index in [-0.39, 0.29) is 12.6 Å². The molecule has 0 saturated carbocycles. The fourth-order valence-corrected chi connectivity index (χ4v) is 1.71. The van der Waals surface area contributed by atoms with Crippen molar-refractivity contribution in [3.05, 3.63) is 34.9 Å². The van der Waals surface area contributed by atoms with Gasteiger partial charge in [0.2, 0.25) is 5.91 Å². The van der Waals surface area contributed by atoms with E-state index in [2.05, 4.69) is 16.0 Å². The third-order valence-electron chi connectivity index (χ3n) is 2.42. The van der Waals surface area contributed by atoms with Crippen LogP contribution < -0.4 is 16.0 Å². The van der Waals surface area contributed by atoms with Crippen LogP contribution in [0, 0.1) is 0 Å². The van der Waals surface area contributed by atoms with Crippen molar-refractivity contribution in [1.29, 1.82) is 0 Å². The molecule has 98 valence electrons. The topological polar surface area (TPSA) is 70.2 Å². The largest absolute Gasteiger partial charge is 0.341 e. The van der Waals surface area contributed by atoms with Gasteiger partial charge in [-0.3, -0.25) is 10.1 Å². The predicted octanol–water partition coefficient (Wildman–Crippen LogP) is 1.45. The minimum Gasteiger partial charge on any atom is -0.341 e. The molecule has 0 aliphatic carbocycles. The van der Waals surface area contributed by atoms with Crippen LogP contribution in [0.3, 0.4) is 0 Å². The maximum atomic E-state index is 11.4. The van der Waals surface area contributed by atoms with E-state index in [1.165, 1.54) is 7.05 Å². The number of hydrogen-bond donors (Lipinski definition) is 3. The van der Waals surface area contributed by atoms with Gasteiger partial charge >= 0.3 is 6.03 Å². The van der Waals surface area contributed by atoms with Crippen molar-refractivity contribution >= 4 is 23.5 Å². The first-order chi connectivity index (χ1) is 8.54. The lowest BCUT2D eigenvalue weighted by Crippen LogP contribution is -2.42. The average molecular weight is 270 g/mol. The highest BCUT2D eigenvalue weighted by molar-refractivity contribution is 6.31. The molecule has 18 heavy (non-hydrogen) atoms. The molecule has 0 radical (unpaired) electrons. The summed E-state index contributed by atoms with van der Waals surface area (Å²) in [5.41, 5.74) is 0.909. The van der Waals surface area contributed by atoms with Crippen molar-refractivity contribution in [3.8, 4) is 0 Å². The third-order valence-corrected chi connectivity index (χ3v) is 2.76. The molecule has 0 spiro atoms. The monoisotopic (exact) mass is 269 g/mol. The van der Waals surface area contributed by atoms with Gasteiger partial charge in [0, 0.05) is 18.1 Å². The van der Waals surface area contributed by atoms with E-state index >= 15 is 0 Å². The second-order valence-electron chi connectivity index (χ2n) is 3.75. The SMILES string of the molecule is CNC(=O)NC(=O)CN[C@@H](C)c1ccccc1Cl. The normalized spacial score (nSPS) is 11.7. The quantitative estimate of drug-likeness (QED) is 0.775. The van der Waals surface area contributed by atoms with E-state index in [0.29, 0.717) is 5.02 Å². The zero-order valence-electron chi connectivity index (χ0n) is 10.3. The van der Waals surface area contributed by atoms with Gasteiger partial charge in [-0.15, -0.1) is 0 Å². The lowest BCUT2D eigenvalue weighted by Gasteiger charge is -2.15. The molecule has 5 nitrogen and oxygen atoms in total. The number of amides is 3. The lowest BCUT2D eigenvalue weighted by molar-refractivity contribution is -0.119. The molecule has 3 amide bonds. The summed E-state index contributed by atoms with van der Waals surface area (Å²) in [5, 5.41) is 8.11. The molecule has 0 saturated heterocycles. The summed E-state index contributed by atoms with van der Waals surface area (Å²) in [4.78, 5) is 22.3. The Kier molecular flexibility index (Phi) is 5.61. The molecule has 0 bridgehead atoms. The van der Waals surface area contributed by atoms with Gasteiger partial charge < -0.3 is 10.6 Å². The Labute approximate surface area is 111 Å². The molecule has 1 aromatic carbocycles. The zero-order valence-corrected chi connectivity index (χ0v) is 11.0. The van der Waals surface area contributed by atoms with Crippen molar-refractivity contribution in [2.24, 2.45) is 0 Å². The van der Waals surface area contributed by atoms with Gasteiger partial charge in [-0.25, -0.2) is 4.79 Å². The summed E-state index contributed by atoms with van der Waals surface area (Å²) in [6.45, 7) is 1.94. The van der Waals surface area contributed by atoms with Crippen molar-refractivity contribution in [1.82, 2.24) is 16.0 Å². The number of nitrogens with one attached hydrogen (secondary N) is 3. The number of carbonyl (C=O) groups is 2. The van der Waals surface area contributed by atoms with Gasteiger partial charge in [0.25, 0.3) is 0 Å². The first-order valence-corrected chi connectivity index (χ1v) is 5.91. The molecule has 1 atom stereocenters. The minimum atomic E-state index is -0.521. The molecule has 0 aliphatic heterocycles. The highest BCUT2D eigenvalue weighted by Gasteiger charge is 2.11. The average Bonchev–Trinajstić information content (AvgIpc) is 2.36. The summed E-state index contributed by atoms with van der Waals surface area (Å²) >= 11 is 6.04. The van der Waals surface area contributed by atoms with Gasteiger partial charge in [-0.05, 0) is 18.6 Å². The minimum absolute atomic E-state index is 0.0415. The number of rotatable bonds is 4. The van der Waals surface area contributed by atoms with Crippen molar-refractivity contribution < 1.29 is 9.59 Å². The van der Waals surface area contributed by atoms with Crippen LogP contribution in [-0.2, 0) is 4.79 Å². The Morgan fingerprint density at radius 2 is 2.00 bits per heavy atom. The third kappa shape index (κ3) is 4.35. The molecular formula is C12H16ClN3O2. The maximum absolute atomic E-state index is 11.4. The molecule has 1 aromatic rings. The van der Waals surface area contributed by atoms with Crippen LogP contribution >= 0.6 is 11.6 Å². The van der Waals surface area contributed by atoms with E-state index in [1.54, 1.807) is 6.07 Å². The first kappa shape index (κ1) is 14.5. The van der Waals surface area contributed by atoms with E-state index in [9.17, 15) is 9.59 Å². The van der Waals surface area contributed by atoms with E-state index in [4.69, 9.17) is 11.6 Å². The smallest absolute Gasteiger partial charge is 0.321 e. The number of benzene rings is 1. The van der Waals surface area contributed by atoms with E-state index in [0.717, 1.165) is 5.56 Å². The molecule has 0 fully saturated rings. The van der Waals surface area contributed by atoms with Gasteiger partial charge in [-0.2, -0.15) is 0 Å². The summed E-state index contributed by atoms with van der Waals surface area (Å²) in [6.07, 6.45) is 0. The molecule has 0 aliphatic rings. The van der Waals surface area contributed by atoms with Gasteiger partial charge in [0.15, 0.2) is 0 Å². The van der Waals surface area contributed by atoms with Crippen LogP contribution in [0.4, 0.5) is 4.79 Å². The van der Waals surface area contributed by atoms with Crippen molar-refractivity contribution in [2.75, 3.05) is 13.6 Å². The van der Waals surface area contributed by atoms with E-state index in [1.807, 2.05) is 25.1 Å². The molecular weight excluding hydrogens is 254 g/mol. The Morgan fingerprint density at radius 1 is 1.33 bits per heavy atom. The van der Waals surface area contributed by atoms with Crippen LogP contribution in [0.5, 0.6) is 0 Å². The number of urea groups is 1. The molecule has 6 heteroatoms. The molecule has 0 unspecified atom stereocenters. The summed E-state index contributed by atoms with van der Waals surface area (Å²) in [6, 6.07) is 6.80. The highest BCUT2D eigenvalue weighted by Crippen LogP contribution is 2.21. The lowest BCUT2D eigenvalue weighted by atomic mass is 10.1. The molecule has 0 heterocycles. The molecule has 3 N–H and O–H groups in total. The molecule has 0 aromatic heterocycles. The second kappa shape index (κ2) is 6.98. The van der Waals surface area contributed by atoms with E-state index < -0.39 is 11.9 Å². The van der Waals surface area contributed by atoms with Crippen LogP contribution in [0.2, 0.25) is 5.02 Å². The van der Waals surface area contributed by atoms with Crippen LogP contribution in [0.25, 0.3) is 0 Å². The van der Waals surface area contributed by atoms with Crippen LogP contribution in [-0.4, -0.2) is 25.5 Å².